The van der Waals surface area contributed by atoms with Crippen molar-refractivity contribution in [2.75, 3.05) is 0 Å². The molecule has 0 unspecified atom stereocenters. The van der Waals surface area contributed by atoms with Crippen molar-refractivity contribution in [1.82, 2.24) is 19.9 Å². The first kappa shape index (κ1) is 24.1. The van der Waals surface area contributed by atoms with E-state index in [2.05, 4.69) is 30.3 Å². The minimum Gasteiger partial charge on any atom is -0.456 e. The van der Waals surface area contributed by atoms with E-state index in [-0.39, 0.29) is 23.0 Å². The molecule has 0 bridgehead atoms. The summed E-state index contributed by atoms with van der Waals surface area (Å²) < 4.78 is 55.1. The molecule has 6 heteroatoms. The van der Waals surface area contributed by atoms with Gasteiger partial charge in [0, 0.05) is 43.8 Å². The molecule has 242 valence electrons. The summed E-state index contributed by atoms with van der Waals surface area (Å²) in [5.41, 5.74) is 4.91. The average molecular weight is 672 g/mol. The van der Waals surface area contributed by atoms with Crippen LogP contribution in [0, 0.1) is 0 Å². The number of fused-ring (bicyclic) bond motifs is 10. The topological polar surface area (TPSA) is 77.8 Å². The zero-order valence-electron chi connectivity index (χ0n) is 32.2. The number of nitrogens with zero attached hydrogens (tertiary/aromatic N) is 4. The summed E-state index contributed by atoms with van der Waals surface area (Å²) in [5.74, 6) is 1.05. The minimum absolute atomic E-state index is 0.0387. The van der Waals surface area contributed by atoms with Gasteiger partial charge >= 0.3 is 0 Å². The molecule has 11 aromatic rings. The third kappa shape index (κ3) is 4.51. The number of aromatic nitrogens is 4. The zero-order valence-corrected chi connectivity index (χ0v) is 27.2. The van der Waals surface area contributed by atoms with Crippen molar-refractivity contribution in [1.29, 1.82) is 0 Å². The lowest BCUT2D eigenvalue weighted by Crippen LogP contribution is -2.00. The van der Waals surface area contributed by atoms with Crippen molar-refractivity contribution in [3.05, 3.63) is 158 Å². The van der Waals surface area contributed by atoms with E-state index in [0.717, 1.165) is 59.8 Å². The van der Waals surface area contributed by atoms with E-state index in [9.17, 15) is 0 Å². The molecule has 0 fully saturated rings. The molecule has 0 N–H and O–H groups in total. The second-order valence-corrected chi connectivity index (χ2v) is 12.7. The summed E-state index contributed by atoms with van der Waals surface area (Å²) >= 11 is 0. The Labute approximate surface area is 303 Å². The van der Waals surface area contributed by atoms with Crippen molar-refractivity contribution in [3.63, 3.8) is 0 Å². The number of furan rings is 1. The highest BCUT2D eigenvalue weighted by Crippen LogP contribution is 2.39. The number of para-hydroxylation sites is 1. The molecule has 0 spiro atoms. The van der Waals surface area contributed by atoms with Crippen molar-refractivity contribution in [3.8, 4) is 45.6 Å². The third-order valence-electron chi connectivity index (χ3n) is 9.61. The van der Waals surface area contributed by atoms with E-state index in [1.807, 2.05) is 97.1 Å². The molecule has 0 saturated carbocycles. The third-order valence-corrected chi connectivity index (χ3v) is 9.61. The van der Waals surface area contributed by atoms with Gasteiger partial charge in [-0.05, 0) is 64.0 Å². The van der Waals surface area contributed by atoms with Crippen LogP contribution in [0.3, 0.4) is 0 Å². The maximum atomic E-state index is 8.75. The molecule has 0 atom stereocenters. The first-order chi connectivity index (χ1) is 27.8. The van der Waals surface area contributed by atoms with Crippen LogP contribution in [-0.2, 0) is 0 Å². The Morgan fingerprint density at radius 2 is 1.06 bits per heavy atom. The van der Waals surface area contributed by atoms with E-state index in [4.69, 9.17) is 35.6 Å². The van der Waals surface area contributed by atoms with E-state index in [1.165, 1.54) is 0 Å². The van der Waals surface area contributed by atoms with E-state index in [0.29, 0.717) is 28.2 Å². The van der Waals surface area contributed by atoms with Crippen LogP contribution < -0.4 is 0 Å². The minimum atomic E-state index is -0.494. The largest absolute Gasteiger partial charge is 0.456 e. The Morgan fingerprint density at radius 1 is 0.423 bits per heavy atom. The van der Waals surface area contributed by atoms with Gasteiger partial charge in [0.25, 0.3) is 0 Å². The molecule has 6 nitrogen and oxygen atoms in total. The van der Waals surface area contributed by atoms with Crippen molar-refractivity contribution < 1.29 is 15.7 Å². The van der Waals surface area contributed by atoms with Crippen molar-refractivity contribution >= 4 is 65.4 Å². The van der Waals surface area contributed by atoms with Gasteiger partial charge in [0.2, 0.25) is 5.89 Å². The predicted molar refractivity (Wildman–Crippen MR) is 209 cm³/mol. The lowest BCUT2D eigenvalue weighted by atomic mass is 9.95. The molecule has 0 amide bonds. The molecular weight excluding hydrogens is 641 g/mol. The predicted octanol–water partition coefficient (Wildman–Crippen LogP) is 12.0. The van der Waals surface area contributed by atoms with Crippen LogP contribution in [-0.4, -0.2) is 19.9 Å². The van der Waals surface area contributed by atoms with Gasteiger partial charge in [0.05, 0.1) is 6.85 Å². The molecule has 8 aromatic carbocycles. The molecule has 0 aliphatic rings. The Morgan fingerprint density at radius 3 is 1.87 bits per heavy atom. The Bertz CT molecular complexity index is 3460. The number of rotatable bonds is 4. The van der Waals surface area contributed by atoms with Gasteiger partial charge < -0.3 is 8.83 Å². The Balaban J connectivity index is 1.13. The van der Waals surface area contributed by atoms with Gasteiger partial charge in [0.15, 0.2) is 23.1 Å². The van der Waals surface area contributed by atoms with E-state index < -0.39 is 30.2 Å². The highest BCUT2D eigenvalue weighted by molar-refractivity contribution is 6.26. The fraction of sp³-hybridized carbons (Fsp3) is 0. The van der Waals surface area contributed by atoms with Crippen LogP contribution in [0.15, 0.2) is 166 Å². The van der Waals surface area contributed by atoms with Gasteiger partial charge in [-0.1, -0.05) is 115 Å². The van der Waals surface area contributed by atoms with Gasteiger partial charge in [-0.15, -0.1) is 0 Å². The second-order valence-electron chi connectivity index (χ2n) is 12.7. The van der Waals surface area contributed by atoms with Crippen molar-refractivity contribution in [2.24, 2.45) is 0 Å². The quantitative estimate of drug-likeness (QED) is 0.173. The summed E-state index contributed by atoms with van der Waals surface area (Å²) in [4.78, 5) is 19.3. The Kier molecular flexibility index (Phi) is 5.17. The molecule has 0 saturated heterocycles. The molecule has 3 aromatic heterocycles. The SMILES string of the molecule is [2H]c1c([2H])c([2H])c(-c2nc(-c3ccc4c(ccc5ccc6ccc7nc(-c8ccccc8)oc7c6c54)c3)nc(-c3ccc4c(c3)oc3ccccc34)n2)c([2H])c1[2H]. The fourth-order valence-electron chi connectivity index (χ4n) is 7.16. The number of oxazole rings is 1. The summed E-state index contributed by atoms with van der Waals surface area (Å²) in [6.45, 7) is 0. The molecule has 0 radical (unpaired) electrons. The lowest BCUT2D eigenvalue weighted by molar-refractivity contribution is 0.623. The molecule has 0 aliphatic heterocycles. The first-order valence-corrected chi connectivity index (χ1v) is 16.8. The summed E-state index contributed by atoms with van der Waals surface area (Å²) in [6, 6.07) is 39.4. The summed E-state index contributed by atoms with van der Waals surface area (Å²) in [7, 11) is 0. The number of hydrogen-bond acceptors (Lipinski definition) is 6. The monoisotopic (exact) mass is 671 g/mol. The highest BCUT2D eigenvalue weighted by atomic mass is 16.3. The van der Waals surface area contributed by atoms with Crippen LogP contribution in [0.25, 0.3) is 111 Å². The number of benzene rings is 8. The van der Waals surface area contributed by atoms with Crippen LogP contribution in [0.5, 0.6) is 0 Å². The van der Waals surface area contributed by atoms with E-state index >= 15 is 0 Å². The highest BCUT2D eigenvalue weighted by Gasteiger charge is 2.18. The standard InChI is InChI=1S/C46H26N4O2/c1-3-9-29(10-4-1)43-48-44(50-45(49-43)33-20-23-36-35-13-7-8-14-38(35)51-39(36)26-33)32-19-22-34-31(25-32)18-17-27-15-16-28-21-24-37-42(41(28)40(27)34)52-46(47-37)30-11-5-2-6-12-30/h1-26H/i1D,3D,4D,9D,10D. The zero-order chi connectivity index (χ0) is 38.5. The maximum absolute atomic E-state index is 8.75. The normalized spacial score (nSPS) is 13.2. The first-order valence-electron chi connectivity index (χ1n) is 19.3. The average Bonchev–Trinajstić information content (AvgIpc) is 3.87. The fourth-order valence-corrected chi connectivity index (χ4v) is 7.16. The van der Waals surface area contributed by atoms with Gasteiger partial charge in [-0.3, -0.25) is 0 Å². The molecule has 11 rings (SSSR count). The molecule has 52 heavy (non-hydrogen) atoms. The van der Waals surface area contributed by atoms with Crippen LogP contribution in [0.2, 0.25) is 0 Å². The van der Waals surface area contributed by atoms with Crippen molar-refractivity contribution in [2.45, 2.75) is 0 Å². The summed E-state index contributed by atoms with van der Waals surface area (Å²) in [6.07, 6.45) is 0. The maximum Gasteiger partial charge on any atom is 0.227 e. The second kappa shape index (κ2) is 11.2. The van der Waals surface area contributed by atoms with E-state index in [1.54, 1.807) is 0 Å². The van der Waals surface area contributed by atoms with Gasteiger partial charge in [-0.25, -0.2) is 19.9 Å². The van der Waals surface area contributed by atoms with Gasteiger partial charge in [-0.2, -0.15) is 0 Å². The lowest BCUT2D eigenvalue weighted by Gasteiger charge is -2.11. The smallest absolute Gasteiger partial charge is 0.227 e. The molecular formula is C46H26N4O2. The molecule has 3 heterocycles. The van der Waals surface area contributed by atoms with Crippen LogP contribution in [0.4, 0.5) is 0 Å². The number of hydrogen-bond donors (Lipinski definition) is 0. The van der Waals surface area contributed by atoms with Crippen LogP contribution in [0.1, 0.15) is 6.85 Å². The Hall–Kier alpha value is -7.18. The molecule has 0 aliphatic carbocycles. The van der Waals surface area contributed by atoms with Gasteiger partial charge in [0.1, 0.15) is 16.7 Å². The van der Waals surface area contributed by atoms with Crippen LogP contribution >= 0.6 is 0 Å². The summed E-state index contributed by atoms with van der Waals surface area (Å²) in [5, 5.41) is 7.87.